The summed E-state index contributed by atoms with van der Waals surface area (Å²) in [6, 6.07) is 12.5. The number of amides is 1. The molecular formula is C22H23F2N3O. The van der Waals surface area contributed by atoms with Crippen molar-refractivity contribution >= 4 is 5.91 Å². The minimum atomic E-state index is -0.545. The summed E-state index contributed by atoms with van der Waals surface area (Å²) in [5, 5.41) is 0. The van der Waals surface area contributed by atoms with Gasteiger partial charge in [-0.3, -0.25) is 4.79 Å². The predicted octanol–water partition coefficient (Wildman–Crippen LogP) is 4.51. The van der Waals surface area contributed by atoms with Crippen LogP contribution in [0.25, 0.3) is 0 Å². The molecule has 0 bridgehead atoms. The van der Waals surface area contributed by atoms with Crippen molar-refractivity contribution in [1.82, 2.24) is 14.5 Å². The standard InChI is InChI=1S/C22H23F2N3O/c1-16(2)13-27(22(28)18-8-4-6-10-20(18)24)15-21-25-11-12-26(21)14-17-7-3-5-9-19(17)23/h3-12,16H,13-15H2,1-2H3. The molecule has 0 unspecified atom stereocenters. The van der Waals surface area contributed by atoms with Gasteiger partial charge in [0.2, 0.25) is 0 Å². The molecule has 146 valence electrons. The first-order valence-electron chi connectivity index (χ1n) is 9.23. The zero-order chi connectivity index (χ0) is 20.1. The molecule has 2 aromatic carbocycles. The van der Waals surface area contributed by atoms with Crippen LogP contribution in [0.2, 0.25) is 0 Å². The number of hydrogen-bond acceptors (Lipinski definition) is 2. The highest BCUT2D eigenvalue weighted by molar-refractivity contribution is 5.94. The van der Waals surface area contributed by atoms with E-state index in [9.17, 15) is 13.6 Å². The number of carbonyl (C=O) groups excluding carboxylic acids is 1. The highest BCUT2D eigenvalue weighted by atomic mass is 19.1. The van der Waals surface area contributed by atoms with Gasteiger partial charge < -0.3 is 9.47 Å². The summed E-state index contributed by atoms with van der Waals surface area (Å²) >= 11 is 0. The molecule has 0 spiro atoms. The van der Waals surface area contributed by atoms with Crippen LogP contribution in [0.15, 0.2) is 60.9 Å². The molecule has 0 aliphatic rings. The van der Waals surface area contributed by atoms with Crippen LogP contribution < -0.4 is 0 Å². The summed E-state index contributed by atoms with van der Waals surface area (Å²) in [6.45, 7) is 4.97. The number of benzene rings is 2. The first-order chi connectivity index (χ1) is 13.5. The fourth-order valence-corrected chi connectivity index (χ4v) is 3.08. The van der Waals surface area contributed by atoms with Gasteiger partial charge in [-0.05, 0) is 24.1 Å². The van der Waals surface area contributed by atoms with Crippen molar-refractivity contribution in [2.75, 3.05) is 6.54 Å². The summed E-state index contributed by atoms with van der Waals surface area (Å²) in [6.07, 6.45) is 3.38. The van der Waals surface area contributed by atoms with Gasteiger partial charge in [-0.15, -0.1) is 0 Å². The van der Waals surface area contributed by atoms with Crippen molar-refractivity contribution in [2.24, 2.45) is 5.92 Å². The highest BCUT2D eigenvalue weighted by Crippen LogP contribution is 2.16. The molecule has 0 aliphatic carbocycles. The molecule has 0 fully saturated rings. The lowest BCUT2D eigenvalue weighted by atomic mass is 10.1. The van der Waals surface area contributed by atoms with E-state index in [1.54, 1.807) is 52.2 Å². The Balaban J connectivity index is 1.84. The summed E-state index contributed by atoms with van der Waals surface area (Å²) in [4.78, 5) is 18.9. The Hall–Kier alpha value is -3.02. The number of aromatic nitrogens is 2. The van der Waals surface area contributed by atoms with Crippen molar-refractivity contribution in [3.63, 3.8) is 0 Å². The second-order valence-electron chi connectivity index (χ2n) is 7.12. The molecule has 3 aromatic rings. The zero-order valence-electron chi connectivity index (χ0n) is 16.0. The van der Waals surface area contributed by atoms with Crippen LogP contribution in [-0.4, -0.2) is 26.9 Å². The minimum Gasteiger partial charge on any atom is -0.331 e. The normalized spacial score (nSPS) is 11.0. The fraction of sp³-hybridized carbons (Fsp3) is 0.273. The van der Waals surface area contributed by atoms with Crippen LogP contribution in [-0.2, 0) is 13.1 Å². The van der Waals surface area contributed by atoms with Crippen molar-refractivity contribution in [3.05, 3.63) is 89.5 Å². The van der Waals surface area contributed by atoms with Crippen molar-refractivity contribution < 1.29 is 13.6 Å². The Morgan fingerprint density at radius 3 is 2.43 bits per heavy atom. The average Bonchev–Trinajstić information content (AvgIpc) is 3.09. The zero-order valence-corrected chi connectivity index (χ0v) is 16.0. The van der Waals surface area contributed by atoms with Gasteiger partial charge in [0.25, 0.3) is 5.91 Å². The molecule has 1 aromatic heterocycles. The molecule has 6 heteroatoms. The molecule has 1 amide bonds. The second-order valence-corrected chi connectivity index (χ2v) is 7.12. The maximum absolute atomic E-state index is 14.1. The SMILES string of the molecule is CC(C)CN(Cc1nccn1Cc1ccccc1F)C(=O)c1ccccc1F. The van der Waals surface area contributed by atoms with Gasteiger partial charge in [0.05, 0.1) is 18.7 Å². The molecule has 4 nitrogen and oxygen atoms in total. The van der Waals surface area contributed by atoms with Gasteiger partial charge in [0.15, 0.2) is 0 Å². The fourth-order valence-electron chi connectivity index (χ4n) is 3.08. The molecule has 1 heterocycles. The minimum absolute atomic E-state index is 0.0374. The number of nitrogens with zero attached hydrogens (tertiary/aromatic N) is 3. The molecule has 0 saturated carbocycles. The van der Waals surface area contributed by atoms with E-state index in [0.29, 0.717) is 24.5 Å². The topological polar surface area (TPSA) is 38.1 Å². The van der Waals surface area contributed by atoms with E-state index in [0.717, 1.165) is 0 Å². The molecule has 0 N–H and O–H groups in total. The van der Waals surface area contributed by atoms with Crippen LogP contribution in [0.1, 0.15) is 35.6 Å². The lowest BCUT2D eigenvalue weighted by Crippen LogP contribution is -2.35. The second kappa shape index (κ2) is 8.78. The lowest BCUT2D eigenvalue weighted by Gasteiger charge is -2.25. The summed E-state index contributed by atoms with van der Waals surface area (Å²) in [5.74, 6) is -0.397. The van der Waals surface area contributed by atoms with Gasteiger partial charge in [-0.1, -0.05) is 44.2 Å². The summed E-state index contributed by atoms with van der Waals surface area (Å²) in [7, 11) is 0. The smallest absolute Gasteiger partial charge is 0.257 e. The Morgan fingerprint density at radius 1 is 1.07 bits per heavy atom. The number of hydrogen-bond donors (Lipinski definition) is 0. The van der Waals surface area contributed by atoms with Gasteiger partial charge >= 0.3 is 0 Å². The van der Waals surface area contributed by atoms with Crippen LogP contribution in [0.5, 0.6) is 0 Å². The Kier molecular flexibility index (Phi) is 6.19. The van der Waals surface area contributed by atoms with Crippen molar-refractivity contribution in [2.45, 2.75) is 26.9 Å². The Bertz CT molecular complexity index is 952. The van der Waals surface area contributed by atoms with Gasteiger partial charge in [-0.2, -0.15) is 0 Å². The lowest BCUT2D eigenvalue weighted by molar-refractivity contribution is 0.0711. The first kappa shape index (κ1) is 19.7. The number of imidazole rings is 1. The molecule has 0 radical (unpaired) electrons. The third kappa shape index (κ3) is 4.63. The van der Waals surface area contributed by atoms with Crippen LogP contribution in [0.3, 0.4) is 0 Å². The van der Waals surface area contributed by atoms with E-state index in [1.165, 1.54) is 18.2 Å². The summed E-state index contributed by atoms with van der Waals surface area (Å²) < 4.78 is 29.9. The Morgan fingerprint density at radius 2 is 1.75 bits per heavy atom. The number of halogens is 2. The monoisotopic (exact) mass is 383 g/mol. The third-order valence-electron chi connectivity index (χ3n) is 4.41. The highest BCUT2D eigenvalue weighted by Gasteiger charge is 2.22. The first-order valence-corrected chi connectivity index (χ1v) is 9.23. The van der Waals surface area contributed by atoms with Gasteiger partial charge in [-0.25, -0.2) is 13.8 Å². The molecule has 0 atom stereocenters. The molecule has 3 rings (SSSR count). The van der Waals surface area contributed by atoms with Crippen molar-refractivity contribution in [1.29, 1.82) is 0 Å². The van der Waals surface area contributed by atoms with E-state index in [4.69, 9.17) is 0 Å². The molecular weight excluding hydrogens is 360 g/mol. The molecule has 28 heavy (non-hydrogen) atoms. The van der Waals surface area contributed by atoms with Gasteiger partial charge in [0.1, 0.15) is 17.5 Å². The number of carbonyl (C=O) groups is 1. The molecule has 0 aliphatic heterocycles. The van der Waals surface area contributed by atoms with E-state index in [1.807, 2.05) is 13.8 Å². The van der Waals surface area contributed by atoms with Crippen LogP contribution >= 0.6 is 0 Å². The Labute approximate surface area is 163 Å². The summed E-state index contributed by atoms with van der Waals surface area (Å²) in [5.41, 5.74) is 0.577. The van der Waals surface area contributed by atoms with Gasteiger partial charge in [0, 0.05) is 24.5 Å². The number of rotatable bonds is 7. The maximum atomic E-state index is 14.1. The molecule has 0 saturated heterocycles. The maximum Gasteiger partial charge on any atom is 0.257 e. The van der Waals surface area contributed by atoms with E-state index < -0.39 is 5.82 Å². The van der Waals surface area contributed by atoms with E-state index in [2.05, 4.69) is 4.98 Å². The third-order valence-corrected chi connectivity index (χ3v) is 4.41. The van der Waals surface area contributed by atoms with E-state index in [-0.39, 0.29) is 29.8 Å². The predicted molar refractivity (Wildman–Crippen MR) is 104 cm³/mol. The van der Waals surface area contributed by atoms with Crippen LogP contribution in [0, 0.1) is 17.6 Å². The average molecular weight is 383 g/mol. The van der Waals surface area contributed by atoms with Crippen LogP contribution in [0.4, 0.5) is 8.78 Å². The quantitative estimate of drug-likeness (QED) is 0.602. The van der Waals surface area contributed by atoms with Crippen molar-refractivity contribution in [3.8, 4) is 0 Å². The largest absolute Gasteiger partial charge is 0.331 e. The van der Waals surface area contributed by atoms with E-state index >= 15 is 0 Å².